The molecule has 1 aliphatic rings. The standard InChI is InChI=1S/C13H17NSe/c1-13(2)8-11(14-10-13)9-15-12-6-4-3-5-7-12/h3-7,10-11H,8-9H2,1-2H3. The van der Waals surface area contributed by atoms with Crippen LogP contribution in [-0.2, 0) is 0 Å². The molecule has 0 saturated heterocycles. The number of aliphatic imine (C=N–C) groups is 1. The molecule has 1 unspecified atom stereocenters. The summed E-state index contributed by atoms with van der Waals surface area (Å²) in [7, 11) is 0. The van der Waals surface area contributed by atoms with Crippen molar-refractivity contribution in [1.82, 2.24) is 0 Å². The van der Waals surface area contributed by atoms with Gasteiger partial charge in [0, 0.05) is 0 Å². The Morgan fingerprint density at radius 1 is 1.33 bits per heavy atom. The Bertz CT molecular complexity index is 343. The average Bonchev–Trinajstić information content (AvgIpc) is 2.57. The molecule has 0 fully saturated rings. The topological polar surface area (TPSA) is 12.4 Å². The number of rotatable bonds is 3. The zero-order chi connectivity index (χ0) is 10.7. The van der Waals surface area contributed by atoms with Gasteiger partial charge in [-0.3, -0.25) is 0 Å². The van der Waals surface area contributed by atoms with Gasteiger partial charge in [-0.1, -0.05) is 0 Å². The molecule has 2 heteroatoms. The predicted octanol–water partition coefficient (Wildman–Crippen LogP) is 2.30. The van der Waals surface area contributed by atoms with E-state index in [1.807, 2.05) is 0 Å². The van der Waals surface area contributed by atoms with Crippen LogP contribution in [0.2, 0.25) is 5.32 Å². The van der Waals surface area contributed by atoms with Crippen molar-refractivity contribution >= 4 is 25.6 Å². The van der Waals surface area contributed by atoms with Crippen LogP contribution in [0.3, 0.4) is 0 Å². The van der Waals surface area contributed by atoms with Crippen molar-refractivity contribution in [2.24, 2.45) is 10.4 Å². The van der Waals surface area contributed by atoms with Crippen LogP contribution in [0.15, 0.2) is 35.3 Å². The van der Waals surface area contributed by atoms with E-state index in [0.29, 0.717) is 26.4 Å². The van der Waals surface area contributed by atoms with Crippen molar-refractivity contribution < 1.29 is 0 Å². The first-order valence-electron chi connectivity index (χ1n) is 5.38. The Morgan fingerprint density at radius 2 is 2.07 bits per heavy atom. The van der Waals surface area contributed by atoms with Gasteiger partial charge in [-0.25, -0.2) is 0 Å². The number of hydrogen-bond donors (Lipinski definition) is 0. The molecule has 1 aromatic carbocycles. The third-order valence-corrected chi connectivity index (χ3v) is 5.01. The van der Waals surface area contributed by atoms with E-state index in [0.717, 1.165) is 0 Å². The molecule has 0 N–H and O–H groups in total. The Balaban J connectivity index is 1.83. The van der Waals surface area contributed by atoms with E-state index >= 15 is 0 Å². The van der Waals surface area contributed by atoms with Crippen molar-refractivity contribution in [3.05, 3.63) is 30.3 Å². The Kier molecular flexibility index (Phi) is 3.28. The quantitative estimate of drug-likeness (QED) is 0.744. The van der Waals surface area contributed by atoms with Crippen LogP contribution in [0.25, 0.3) is 0 Å². The average molecular weight is 266 g/mol. The van der Waals surface area contributed by atoms with E-state index in [1.54, 1.807) is 0 Å². The normalized spacial score (nSPS) is 23.2. The minimum atomic E-state index is 0.331. The summed E-state index contributed by atoms with van der Waals surface area (Å²) >= 11 is 0.587. The van der Waals surface area contributed by atoms with Gasteiger partial charge in [0.1, 0.15) is 0 Å². The first-order chi connectivity index (χ1) is 7.16. The van der Waals surface area contributed by atoms with Crippen LogP contribution >= 0.6 is 0 Å². The van der Waals surface area contributed by atoms with E-state index < -0.39 is 0 Å². The fourth-order valence-electron chi connectivity index (χ4n) is 1.83. The number of nitrogens with zero attached hydrogens (tertiary/aromatic N) is 1. The van der Waals surface area contributed by atoms with Crippen molar-refractivity contribution in [1.29, 1.82) is 0 Å². The maximum absolute atomic E-state index is 4.59. The van der Waals surface area contributed by atoms with E-state index in [-0.39, 0.29) is 0 Å². The van der Waals surface area contributed by atoms with E-state index in [4.69, 9.17) is 0 Å². The summed E-state index contributed by atoms with van der Waals surface area (Å²) < 4.78 is 1.49. The summed E-state index contributed by atoms with van der Waals surface area (Å²) in [4.78, 5) is 4.59. The van der Waals surface area contributed by atoms with Crippen molar-refractivity contribution in [2.75, 3.05) is 0 Å². The Labute approximate surface area is 98.2 Å². The van der Waals surface area contributed by atoms with E-state index in [1.165, 1.54) is 16.2 Å². The molecule has 0 radical (unpaired) electrons. The first kappa shape index (κ1) is 10.9. The van der Waals surface area contributed by atoms with Gasteiger partial charge in [0.05, 0.1) is 0 Å². The summed E-state index contributed by atoms with van der Waals surface area (Å²) in [5.41, 5.74) is 0.331. The van der Waals surface area contributed by atoms with E-state index in [9.17, 15) is 0 Å². The summed E-state index contributed by atoms with van der Waals surface area (Å²) in [6, 6.07) is 11.3. The van der Waals surface area contributed by atoms with Crippen LogP contribution in [-0.4, -0.2) is 27.2 Å². The molecular formula is C13H17NSe. The second-order valence-electron chi connectivity index (χ2n) is 4.75. The zero-order valence-corrected chi connectivity index (χ0v) is 11.0. The fraction of sp³-hybridized carbons (Fsp3) is 0.462. The summed E-state index contributed by atoms with van der Waals surface area (Å²) in [6.45, 7) is 4.54. The SMILES string of the molecule is CC1(C)C=NC(C[Se]c2ccccc2)C1. The Hall–Kier alpha value is -0.591. The number of hydrogen-bond acceptors (Lipinski definition) is 1. The molecule has 15 heavy (non-hydrogen) atoms. The Morgan fingerprint density at radius 3 is 2.67 bits per heavy atom. The van der Waals surface area contributed by atoms with Crippen molar-refractivity contribution in [3.63, 3.8) is 0 Å². The molecular weight excluding hydrogens is 249 g/mol. The van der Waals surface area contributed by atoms with E-state index in [2.05, 4.69) is 55.4 Å². The molecule has 1 aromatic rings. The molecule has 0 bridgehead atoms. The molecule has 0 aliphatic carbocycles. The van der Waals surface area contributed by atoms with Crippen LogP contribution in [0, 0.1) is 5.41 Å². The zero-order valence-electron chi connectivity index (χ0n) is 9.31. The van der Waals surface area contributed by atoms with Crippen molar-refractivity contribution in [2.45, 2.75) is 31.6 Å². The number of benzene rings is 1. The van der Waals surface area contributed by atoms with Gasteiger partial charge in [-0.05, 0) is 0 Å². The maximum atomic E-state index is 4.59. The van der Waals surface area contributed by atoms with Gasteiger partial charge in [0.15, 0.2) is 0 Å². The second-order valence-corrected chi connectivity index (χ2v) is 7.04. The summed E-state index contributed by atoms with van der Waals surface area (Å²) in [5.74, 6) is 0. The molecule has 0 aromatic heterocycles. The minimum absolute atomic E-state index is 0.331. The molecule has 0 amide bonds. The van der Waals surface area contributed by atoms with Gasteiger partial charge in [0.2, 0.25) is 0 Å². The molecule has 0 spiro atoms. The van der Waals surface area contributed by atoms with Gasteiger partial charge in [0.25, 0.3) is 0 Å². The third kappa shape index (κ3) is 3.19. The summed E-state index contributed by atoms with van der Waals surface area (Å²) in [6.07, 6.45) is 3.36. The predicted molar refractivity (Wildman–Crippen MR) is 67.3 cm³/mol. The van der Waals surface area contributed by atoms with Crippen LogP contribution in [0.4, 0.5) is 0 Å². The van der Waals surface area contributed by atoms with Crippen LogP contribution in [0.1, 0.15) is 20.3 Å². The monoisotopic (exact) mass is 267 g/mol. The molecule has 0 saturated carbocycles. The fourth-order valence-corrected chi connectivity index (χ4v) is 3.80. The van der Waals surface area contributed by atoms with Gasteiger partial charge in [-0.15, -0.1) is 0 Å². The molecule has 80 valence electrons. The second kappa shape index (κ2) is 4.51. The van der Waals surface area contributed by atoms with Gasteiger partial charge < -0.3 is 0 Å². The van der Waals surface area contributed by atoms with Crippen LogP contribution in [0.5, 0.6) is 0 Å². The van der Waals surface area contributed by atoms with Crippen molar-refractivity contribution in [3.8, 4) is 0 Å². The molecule has 1 atom stereocenters. The first-order valence-corrected chi connectivity index (χ1v) is 7.45. The molecule has 1 nitrogen and oxygen atoms in total. The summed E-state index contributed by atoms with van der Waals surface area (Å²) in [5, 5.41) is 1.25. The molecule has 2 rings (SSSR count). The molecule has 1 aliphatic heterocycles. The third-order valence-electron chi connectivity index (χ3n) is 2.58. The van der Waals surface area contributed by atoms with Gasteiger partial charge >= 0.3 is 98.0 Å². The van der Waals surface area contributed by atoms with Gasteiger partial charge in [-0.2, -0.15) is 0 Å². The van der Waals surface area contributed by atoms with Crippen LogP contribution < -0.4 is 4.46 Å². The molecule has 1 heterocycles.